The number of fused-ring (bicyclic) bond motifs is 4. The summed E-state index contributed by atoms with van der Waals surface area (Å²) in [6.07, 6.45) is 1.64. The Bertz CT molecular complexity index is 3770. The average Bonchev–Trinajstić information content (AvgIpc) is 4.36. The number of aromatic nitrogens is 6. The standard InChI is InChI=1S/2C30H28ClN3O4S/c1-16-11-22-27(25(17-5-8-20(31)9-6-17)24(16)26(29(35)36)38-30(2,3)4)39-28(33-22)18-7-10-23-19(12-18)13-32-34(23)21-14-37-15-21;1-16-11-23-27(25(17-5-8-20(31)9-6-17)24(16)26(29(35)36)38-30(2,3)4)39-28(32-23)18-7-10-22-19(12-18)13-34(33-22)21-14-37-15-21/h2*5-13,21,26H,14-15H2,1-4H3,(H,35,36)/t2*26-/m00/s1. The smallest absolute Gasteiger partial charge is 0.337 e. The molecule has 2 N–H and O–H groups in total. The van der Waals surface area contributed by atoms with Crippen LogP contribution in [-0.4, -0.2) is 89.3 Å². The SMILES string of the molecule is Cc1cc2nc(-c3ccc4c(cnn4C4COC4)c3)sc2c(-c2ccc(Cl)cc2)c1[C@H](OC(C)(C)C)C(=O)O.Cc1cc2nc(-c3ccc4nn(C5COC5)cc4c3)sc2c(-c2ccc(Cl)cc2)c1[C@H](OC(C)(C)C)C(=O)O. The number of rotatable bonds is 12. The van der Waals surface area contributed by atoms with Gasteiger partial charge in [0, 0.05) is 60.4 Å². The number of carbonyl (C=O) groups is 2. The Hall–Kier alpha value is -6.60. The van der Waals surface area contributed by atoms with Crippen LogP contribution in [0.25, 0.3) is 85.6 Å². The maximum absolute atomic E-state index is 12.6. The van der Waals surface area contributed by atoms with Crippen LogP contribution in [0.5, 0.6) is 0 Å². The van der Waals surface area contributed by atoms with Crippen LogP contribution in [0, 0.1) is 13.8 Å². The summed E-state index contributed by atoms with van der Waals surface area (Å²) in [6, 6.07) is 31.8. The first-order valence-corrected chi connectivity index (χ1v) is 27.9. The van der Waals surface area contributed by atoms with Crippen LogP contribution in [0.4, 0.5) is 0 Å². The summed E-state index contributed by atoms with van der Waals surface area (Å²) in [5, 5.41) is 34.8. The number of hydrogen-bond donors (Lipinski definition) is 2. The third-order valence-electron chi connectivity index (χ3n) is 13.6. The largest absolute Gasteiger partial charge is 0.479 e. The molecule has 14 nitrogen and oxygen atoms in total. The van der Waals surface area contributed by atoms with E-state index >= 15 is 0 Å². The lowest BCUT2D eigenvalue weighted by Gasteiger charge is -2.28. The van der Waals surface area contributed by atoms with Gasteiger partial charge in [0.05, 0.1) is 87.4 Å². The number of carboxylic acid groups (broad SMARTS) is 2. The fourth-order valence-corrected chi connectivity index (χ4v) is 12.4. The van der Waals surface area contributed by atoms with Gasteiger partial charge in [-0.05, 0) is 150 Å². The highest BCUT2D eigenvalue weighted by Gasteiger charge is 2.35. The first kappa shape index (κ1) is 53.4. The number of nitrogens with zero attached hydrogens (tertiary/aromatic N) is 6. The fourth-order valence-electron chi connectivity index (χ4n) is 9.91. The summed E-state index contributed by atoms with van der Waals surface area (Å²) >= 11 is 15.5. The molecule has 0 amide bonds. The molecular weight excluding hydrogens is 1070 g/mol. The number of halogens is 2. The Morgan fingerprint density at radius 2 is 1.06 bits per heavy atom. The van der Waals surface area contributed by atoms with E-state index < -0.39 is 35.3 Å². The molecule has 2 saturated heterocycles. The van der Waals surface area contributed by atoms with Crippen molar-refractivity contribution in [3.63, 3.8) is 0 Å². The Kier molecular flexibility index (Phi) is 14.3. The predicted molar refractivity (Wildman–Crippen MR) is 309 cm³/mol. The minimum atomic E-state index is -1.15. The highest BCUT2D eigenvalue weighted by atomic mass is 35.5. The van der Waals surface area contributed by atoms with Crippen LogP contribution < -0.4 is 0 Å². The topological polar surface area (TPSA) is 173 Å². The van der Waals surface area contributed by atoms with Gasteiger partial charge in [0.2, 0.25) is 0 Å². The van der Waals surface area contributed by atoms with Crippen molar-refractivity contribution in [1.29, 1.82) is 0 Å². The second-order valence-electron chi connectivity index (χ2n) is 21.7. The van der Waals surface area contributed by atoms with Crippen LogP contribution in [0.15, 0.2) is 109 Å². The maximum Gasteiger partial charge on any atom is 0.337 e. The Labute approximate surface area is 468 Å². The summed E-state index contributed by atoms with van der Waals surface area (Å²) in [5.41, 5.74) is 10.5. The van der Waals surface area contributed by atoms with Gasteiger partial charge >= 0.3 is 11.9 Å². The van der Waals surface area contributed by atoms with Crippen LogP contribution in [-0.2, 0) is 28.5 Å². The van der Waals surface area contributed by atoms with Crippen LogP contribution in [0.1, 0.15) is 88.1 Å². The van der Waals surface area contributed by atoms with E-state index in [1.165, 1.54) is 0 Å². The molecule has 6 aromatic carbocycles. The third-order valence-corrected chi connectivity index (χ3v) is 16.4. The number of benzene rings is 6. The molecule has 4 aromatic heterocycles. The normalized spacial score (nSPS) is 15.1. The summed E-state index contributed by atoms with van der Waals surface area (Å²) < 4.78 is 28.7. The lowest BCUT2D eigenvalue weighted by molar-refractivity contribution is -0.161. The molecule has 0 radical (unpaired) electrons. The molecule has 2 atom stereocenters. The molecule has 2 aliphatic rings. The van der Waals surface area contributed by atoms with Crippen molar-refractivity contribution in [2.24, 2.45) is 0 Å². The van der Waals surface area contributed by atoms with Crippen molar-refractivity contribution in [1.82, 2.24) is 29.5 Å². The summed E-state index contributed by atoms with van der Waals surface area (Å²) in [5.74, 6) is -2.07. The zero-order valence-corrected chi connectivity index (χ0v) is 47.3. The van der Waals surface area contributed by atoms with E-state index in [2.05, 4.69) is 35.6 Å². The lowest BCUT2D eigenvalue weighted by Crippen LogP contribution is -2.31. The lowest BCUT2D eigenvalue weighted by atomic mass is 9.91. The molecule has 400 valence electrons. The van der Waals surface area contributed by atoms with Gasteiger partial charge in [-0.3, -0.25) is 9.36 Å². The number of ether oxygens (including phenoxy) is 4. The first-order valence-electron chi connectivity index (χ1n) is 25.5. The van der Waals surface area contributed by atoms with Crippen LogP contribution in [0.3, 0.4) is 0 Å². The zero-order valence-electron chi connectivity index (χ0n) is 44.1. The molecule has 0 unspecified atom stereocenters. The van der Waals surface area contributed by atoms with Crippen LogP contribution >= 0.6 is 45.9 Å². The third kappa shape index (κ3) is 10.7. The number of thiazole rings is 2. The van der Waals surface area contributed by atoms with E-state index in [0.29, 0.717) is 47.6 Å². The number of hydrogen-bond acceptors (Lipinski definition) is 12. The monoisotopic (exact) mass is 1120 g/mol. The molecule has 6 heterocycles. The highest BCUT2D eigenvalue weighted by Crippen LogP contribution is 2.47. The van der Waals surface area contributed by atoms with Gasteiger partial charge in [-0.2, -0.15) is 10.2 Å². The highest BCUT2D eigenvalue weighted by molar-refractivity contribution is 7.22. The van der Waals surface area contributed by atoms with E-state index in [0.717, 1.165) is 96.8 Å². The maximum atomic E-state index is 12.6. The van der Waals surface area contributed by atoms with Gasteiger partial charge in [0.15, 0.2) is 12.2 Å². The van der Waals surface area contributed by atoms with Gasteiger partial charge in [-0.1, -0.05) is 47.5 Å². The first-order chi connectivity index (χ1) is 37.2. The quantitative estimate of drug-likeness (QED) is 0.119. The fraction of sp³-hybridized carbons (Fsp3) is 0.300. The number of aliphatic carboxylic acids is 2. The van der Waals surface area contributed by atoms with Gasteiger partial charge < -0.3 is 29.2 Å². The summed E-state index contributed by atoms with van der Waals surface area (Å²) in [7, 11) is 0. The Balaban J connectivity index is 0.000000165. The molecule has 18 heteroatoms. The number of aryl methyl sites for hydroxylation is 2. The van der Waals surface area contributed by atoms with E-state index in [1.54, 1.807) is 22.7 Å². The number of carboxylic acids is 2. The second-order valence-corrected chi connectivity index (χ2v) is 24.6. The Morgan fingerprint density at radius 1 is 0.615 bits per heavy atom. The molecule has 0 spiro atoms. The van der Waals surface area contributed by atoms with E-state index in [1.807, 2.05) is 144 Å². The summed E-state index contributed by atoms with van der Waals surface area (Å²) in [4.78, 5) is 35.1. The molecular formula is C60H56Cl2N6O8S2. The molecule has 12 rings (SSSR count). The van der Waals surface area contributed by atoms with Gasteiger partial charge in [0.25, 0.3) is 0 Å². The predicted octanol–water partition coefficient (Wildman–Crippen LogP) is 14.9. The molecule has 2 aliphatic heterocycles. The van der Waals surface area contributed by atoms with Crippen molar-refractivity contribution in [3.8, 4) is 43.4 Å². The molecule has 0 saturated carbocycles. The van der Waals surface area contributed by atoms with Gasteiger partial charge in [-0.15, -0.1) is 22.7 Å². The van der Waals surface area contributed by atoms with Crippen molar-refractivity contribution in [2.45, 2.75) is 90.9 Å². The Morgan fingerprint density at radius 3 is 1.50 bits per heavy atom. The van der Waals surface area contributed by atoms with Crippen molar-refractivity contribution >= 4 is 100 Å². The van der Waals surface area contributed by atoms with Crippen molar-refractivity contribution in [2.75, 3.05) is 26.4 Å². The van der Waals surface area contributed by atoms with Crippen molar-refractivity contribution < 1.29 is 38.7 Å². The minimum absolute atomic E-state index is 0.275. The zero-order chi connectivity index (χ0) is 54.9. The van der Waals surface area contributed by atoms with E-state index in [-0.39, 0.29) is 12.1 Å². The molecule has 78 heavy (non-hydrogen) atoms. The summed E-state index contributed by atoms with van der Waals surface area (Å²) in [6.45, 7) is 17.7. The average molecular weight is 1120 g/mol. The minimum Gasteiger partial charge on any atom is -0.479 e. The van der Waals surface area contributed by atoms with Crippen molar-refractivity contribution in [3.05, 3.63) is 142 Å². The van der Waals surface area contributed by atoms with Gasteiger partial charge in [0.1, 0.15) is 10.0 Å². The molecule has 10 aromatic rings. The second kappa shape index (κ2) is 20.9. The molecule has 2 fully saturated rings. The van der Waals surface area contributed by atoms with E-state index in [4.69, 9.17) is 57.2 Å². The molecule has 0 bridgehead atoms. The van der Waals surface area contributed by atoms with E-state index in [9.17, 15) is 19.8 Å². The van der Waals surface area contributed by atoms with Crippen LogP contribution in [0.2, 0.25) is 10.0 Å². The molecule has 0 aliphatic carbocycles. The van der Waals surface area contributed by atoms with Gasteiger partial charge in [-0.25, -0.2) is 19.6 Å².